The minimum absolute atomic E-state index is 0.131. The minimum atomic E-state index is -0.239. The first kappa shape index (κ1) is 24.0. The summed E-state index contributed by atoms with van der Waals surface area (Å²) in [5.41, 5.74) is 0.590. The van der Waals surface area contributed by atoms with Crippen LogP contribution >= 0.6 is 34.7 Å². The van der Waals surface area contributed by atoms with Crippen molar-refractivity contribution in [2.24, 2.45) is 0 Å². The van der Waals surface area contributed by atoms with E-state index in [1.165, 1.54) is 16.7 Å². The number of carbonyl (C=O) groups is 2. The van der Waals surface area contributed by atoms with E-state index in [0.29, 0.717) is 44.0 Å². The molecule has 0 aliphatic heterocycles. The van der Waals surface area contributed by atoms with E-state index >= 15 is 0 Å². The molecule has 0 bridgehead atoms. The van der Waals surface area contributed by atoms with Gasteiger partial charge in [0.2, 0.25) is 5.91 Å². The Kier molecular flexibility index (Phi) is 8.10. The van der Waals surface area contributed by atoms with Crippen LogP contribution in [0.4, 0.5) is 5.13 Å². The first-order valence-corrected chi connectivity index (χ1v) is 11.9. The molecule has 0 spiro atoms. The van der Waals surface area contributed by atoms with Crippen LogP contribution in [0.3, 0.4) is 0 Å². The zero-order valence-corrected chi connectivity index (χ0v) is 20.5. The third kappa shape index (κ3) is 5.99. The monoisotopic (exact) mass is 494 g/mol. The zero-order valence-electron chi connectivity index (χ0n) is 18.1. The molecule has 3 rings (SSSR count). The number of carbonyl (C=O) groups excluding carboxylic acids is 2. The second-order valence-electron chi connectivity index (χ2n) is 6.86. The lowest BCUT2D eigenvalue weighted by molar-refractivity contribution is -0.113. The summed E-state index contributed by atoms with van der Waals surface area (Å²) in [5, 5.41) is 12.8. The van der Waals surface area contributed by atoms with Crippen molar-refractivity contribution in [1.29, 1.82) is 0 Å². The van der Waals surface area contributed by atoms with Crippen molar-refractivity contribution in [3.05, 3.63) is 45.7 Å². The summed E-state index contributed by atoms with van der Waals surface area (Å²) in [4.78, 5) is 30.8. The highest BCUT2D eigenvalue weighted by molar-refractivity contribution is 7.99. The number of ether oxygens (including phenoxy) is 1. The number of thioether (sulfide) groups is 1. The summed E-state index contributed by atoms with van der Waals surface area (Å²) in [7, 11) is 3.35. The van der Waals surface area contributed by atoms with Crippen LogP contribution in [0.2, 0.25) is 5.02 Å². The van der Waals surface area contributed by atoms with Crippen molar-refractivity contribution >= 4 is 51.6 Å². The van der Waals surface area contributed by atoms with Gasteiger partial charge in [0.25, 0.3) is 5.91 Å². The topological polar surface area (TPSA) is 102 Å². The number of thiazole rings is 1. The number of anilines is 1. The molecule has 0 aliphatic rings. The van der Waals surface area contributed by atoms with Crippen molar-refractivity contribution in [3.8, 4) is 5.75 Å². The first-order valence-electron chi connectivity index (χ1n) is 9.70. The molecule has 0 radical (unpaired) electrons. The molecule has 0 saturated heterocycles. The van der Waals surface area contributed by atoms with Gasteiger partial charge in [-0.2, -0.15) is 0 Å². The molecule has 32 heavy (non-hydrogen) atoms. The van der Waals surface area contributed by atoms with Crippen LogP contribution in [-0.4, -0.2) is 56.3 Å². The summed E-state index contributed by atoms with van der Waals surface area (Å²) in [5.74, 6) is 1.09. The Morgan fingerprint density at radius 1 is 1.25 bits per heavy atom. The summed E-state index contributed by atoms with van der Waals surface area (Å²) >= 11 is 8.32. The predicted molar refractivity (Wildman–Crippen MR) is 126 cm³/mol. The van der Waals surface area contributed by atoms with Crippen molar-refractivity contribution in [3.63, 3.8) is 0 Å². The minimum Gasteiger partial charge on any atom is -0.486 e. The van der Waals surface area contributed by atoms with E-state index in [9.17, 15) is 9.59 Å². The lowest BCUT2D eigenvalue weighted by atomic mass is 10.3. The molecular formula is C20H23ClN6O3S2. The molecule has 2 aromatic heterocycles. The lowest BCUT2D eigenvalue weighted by Crippen LogP contribution is -2.21. The number of halogens is 1. The van der Waals surface area contributed by atoms with E-state index in [4.69, 9.17) is 16.3 Å². The van der Waals surface area contributed by atoms with Crippen molar-refractivity contribution in [1.82, 2.24) is 24.6 Å². The van der Waals surface area contributed by atoms with Crippen molar-refractivity contribution in [2.75, 3.05) is 25.2 Å². The zero-order chi connectivity index (χ0) is 23.3. The van der Waals surface area contributed by atoms with Gasteiger partial charge in [-0.05, 0) is 38.1 Å². The van der Waals surface area contributed by atoms with Gasteiger partial charge in [0, 0.05) is 25.7 Å². The molecule has 2 heterocycles. The van der Waals surface area contributed by atoms with E-state index in [1.807, 2.05) is 11.5 Å². The fraction of sp³-hybridized carbons (Fsp3) is 0.350. The maximum atomic E-state index is 12.4. The second kappa shape index (κ2) is 10.8. The van der Waals surface area contributed by atoms with Crippen molar-refractivity contribution in [2.45, 2.75) is 32.2 Å². The Balaban J connectivity index is 1.57. The van der Waals surface area contributed by atoms with Gasteiger partial charge in [-0.3, -0.25) is 9.59 Å². The molecule has 9 nitrogen and oxygen atoms in total. The number of aromatic nitrogens is 4. The van der Waals surface area contributed by atoms with Gasteiger partial charge in [-0.15, -0.1) is 10.2 Å². The largest absolute Gasteiger partial charge is 0.486 e. The van der Waals surface area contributed by atoms with Gasteiger partial charge >= 0.3 is 0 Å². The SMILES string of the molecule is CCn1c(COc2ccc(Cl)cc2)nnc1SCC(=O)Nc1nc(C)c(C(=O)N(C)C)s1. The maximum Gasteiger partial charge on any atom is 0.265 e. The molecule has 2 amide bonds. The number of hydrogen-bond donors (Lipinski definition) is 1. The summed E-state index contributed by atoms with van der Waals surface area (Å²) in [6.45, 7) is 4.60. The van der Waals surface area contributed by atoms with Gasteiger partial charge in [0.05, 0.1) is 11.4 Å². The van der Waals surface area contributed by atoms with Crippen LogP contribution in [0.25, 0.3) is 0 Å². The molecule has 0 unspecified atom stereocenters. The molecule has 3 aromatic rings. The first-order chi connectivity index (χ1) is 15.3. The quantitative estimate of drug-likeness (QED) is 0.452. The molecule has 1 N–H and O–H groups in total. The third-order valence-corrected chi connectivity index (χ3v) is 6.55. The standard InChI is InChI=1S/C20H23ClN6O3S2/c1-5-27-15(10-30-14-8-6-13(21)7-9-14)24-25-20(27)31-11-16(28)23-19-22-12(2)17(32-19)18(29)26(3)4/h6-9H,5,10-11H2,1-4H3,(H,22,23,28). The fourth-order valence-electron chi connectivity index (χ4n) is 2.67. The average Bonchev–Trinajstić information content (AvgIpc) is 3.33. The highest BCUT2D eigenvalue weighted by atomic mass is 35.5. The van der Waals surface area contributed by atoms with Crippen LogP contribution in [0.15, 0.2) is 29.4 Å². The molecule has 0 fully saturated rings. The average molecular weight is 495 g/mol. The van der Waals surface area contributed by atoms with Gasteiger partial charge < -0.3 is 19.5 Å². The number of hydrogen-bond acceptors (Lipinski definition) is 8. The summed E-state index contributed by atoms with van der Waals surface area (Å²) in [6.07, 6.45) is 0. The highest BCUT2D eigenvalue weighted by Gasteiger charge is 2.19. The molecule has 0 atom stereocenters. The van der Waals surface area contributed by atoms with E-state index in [0.717, 1.165) is 11.3 Å². The van der Waals surface area contributed by atoms with Crippen LogP contribution < -0.4 is 10.1 Å². The predicted octanol–water partition coefficient (Wildman–Crippen LogP) is 3.73. The second-order valence-corrected chi connectivity index (χ2v) is 9.23. The Hall–Kier alpha value is -2.63. The molecular weight excluding hydrogens is 472 g/mol. The van der Waals surface area contributed by atoms with Gasteiger partial charge in [-0.1, -0.05) is 34.7 Å². The van der Waals surface area contributed by atoms with E-state index in [-0.39, 0.29) is 24.2 Å². The Bertz CT molecular complexity index is 1100. The van der Waals surface area contributed by atoms with Crippen LogP contribution in [0, 0.1) is 6.92 Å². The molecule has 170 valence electrons. The van der Waals surface area contributed by atoms with E-state index < -0.39 is 0 Å². The Morgan fingerprint density at radius 2 is 1.97 bits per heavy atom. The molecule has 0 saturated carbocycles. The number of rotatable bonds is 9. The van der Waals surface area contributed by atoms with Crippen LogP contribution in [-0.2, 0) is 17.9 Å². The Labute approximate surface area is 199 Å². The van der Waals surface area contributed by atoms with Crippen molar-refractivity contribution < 1.29 is 14.3 Å². The smallest absolute Gasteiger partial charge is 0.265 e. The molecule has 1 aromatic carbocycles. The summed E-state index contributed by atoms with van der Waals surface area (Å²) in [6, 6.07) is 7.08. The Morgan fingerprint density at radius 3 is 2.62 bits per heavy atom. The van der Waals surface area contributed by atoms with Gasteiger partial charge in [0.15, 0.2) is 16.1 Å². The number of nitrogens with one attached hydrogen (secondary N) is 1. The number of amides is 2. The van der Waals surface area contributed by atoms with E-state index in [2.05, 4.69) is 20.5 Å². The number of aryl methyl sites for hydroxylation is 1. The fourth-order valence-corrected chi connectivity index (χ4v) is 4.62. The van der Waals surface area contributed by atoms with Crippen LogP contribution in [0.1, 0.15) is 28.1 Å². The highest BCUT2D eigenvalue weighted by Crippen LogP contribution is 2.25. The third-order valence-electron chi connectivity index (χ3n) is 4.27. The normalized spacial score (nSPS) is 10.8. The number of nitrogens with zero attached hydrogens (tertiary/aromatic N) is 5. The lowest BCUT2D eigenvalue weighted by Gasteiger charge is -2.09. The molecule has 0 aliphatic carbocycles. The summed E-state index contributed by atoms with van der Waals surface area (Å²) < 4.78 is 7.65. The molecule has 12 heteroatoms. The van der Waals surface area contributed by atoms with Gasteiger partial charge in [0.1, 0.15) is 17.2 Å². The maximum absolute atomic E-state index is 12.4. The number of benzene rings is 1. The van der Waals surface area contributed by atoms with E-state index in [1.54, 1.807) is 45.3 Å². The van der Waals surface area contributed by atoms with Gasteiger partial charge in [-0.25, -0.2) is 4.98 Å². The van der Waals surface area contributed by atoms with Crippen LogP contribution in [0.5, 0.6) is 5.75 Å².